The van der Waals surface area contributed by atoms with Crippen molar-refractivity contribution >= 4 is 34.2 Å². The average Bonchev–Trinajstić information content (AvgIpc) is 2.71. The average molecular weight is 476 g/mol. The smallest absolute Gasteiger partial charge is 0.183 e. The first-order valence-corrected chi connectivity index (χ1v) is 10.6. The van der Waals surface area contributed by atoms with Crippen LogP contribution in [0.1, 0.15) is 19.4 Å². The SMILES string of the molecule is C[C@@H]1CN2c3c(cc(-c4cnc(Br)cn4)c(F)c3F)CC3(C=NC=NC3)[C@H]2[C@H](C)O1. The van der Waals surface area contributed by atoms with Gasteiger partial charge in [0.05, 0.1) is 54.0 Å². The van der Waals surface area contributed by atoms with E-state index in [1.54, 1.807) is 6.07 Å². The third kappa shape index (κ3) is 2.98. The molecule has 1 aromatic carbocycles. The molecule has 2 aromatic rings. The molecule has 0 amide bonds. The molecular weight excluding hydrogens is 456 g/mol. The molecule has 0 bridgehead atoms. The van der Waals surface area contributed by atoms with E-state index in [0.29, 0.717) is 29.8 Å². The fourth-order valence-corrected chi connectivity index (χ4v) is 5.30. The zero-order valence-corrected chi connectivity index (χ0v) is 18.1. The van der Waals surface area contributed by atoms with Crippen LogP contribution in [-0.2, 0) is 11.2 Å². The van der Waals surface area contributed by atoms with Gasteiger partial charge in [0, 0.05) is 18.3 Å². The van der Waals surface area contributed by atoms with Crippen LogP contribution in [0.25, 0.3) is 11.3 Å². The van der Waals surface area contributed by atoms with Crippen LogP contribution in [0, 0.1) is 17.0 Å². The van der Waals surface area contributed by atoms with Crippen LogP contribution in [-0.4, -0.2) is 53.9 Å². The largest absolute Gasteiger partial charge is 0.372 e. The summed E-state index contributed by atoms with van der Waals surface area (Å²) in [6.07, 6.45) is 6.54. The summed E-state index contributed by atoms with van der Waals surface area (Å²) in [5, 5.41) is 0. The van der Waals surface area contributed by atoms with E-state index >= 15 is 8.78 Å². The van der Waals surface area contributed by atoms with Crippen molar-refractivity contribution in [2.75, 3.05) is 18.0 Å². The number of aromatic nitrogens is 2. The molecule has 0 aliphatic carbocycles. The molecule has 0 radical (unpaired) electrons. The van der Waals surface area contributed by atoms with E-state index in [9.17, 15) is 0 Å². The van der Waals surface area contributed by atoms with Gasteiger partial charge in [-0.1, -0.05) is 0 Å². The summed E-state index contributed by atoms with van der Waals surface area (Å²) in [7, 11) is 0. The zero-order valence-electron chi connectivity index (χ0n) is 16.5. The number of rotatable bonds is 1. The van der Waals surface area contributed by atoms with Crippen LogP contribution >= 0.6 is 15.9 Å². The first-order valence-electron chi connectivity index (χ1n) is 9.83. The molecule has 1 fully saturated rings. The molecule has 6 nitrogen and oxygen atoms in total. The van der Waals surface area contributed by atoms with Gasteiger partial charge < -0.3 is 9.64 Å². The Labute approximate surface area is 181 Å². The molecule has 1 spiro atoms. The predicted octanol–water partition coefficient (Wildman–Crippen LogP) is 3.82. The van der Waals surface area contributed by atoms with Crippen LogP contribution in [0.3, 0.4) is 0 Å². The summed E-state index contributed by atoms with van der Waals surface area (Å²) in [6.45, 7) is 4.91. The van der Waals surface area contributed by atoms with Crippen LogP contribution in [0.4, 0.5) is 14.5 Å². The molecule has 156 valence electrons. The van der Waals surface area contributed by atoms with E-state index in [0.717, 1.165) is 5.56 Å². The van der Waals surface area contributed by atoms with Gasteiger partial charge in [-0.25, -0.2) is 18.8 Å². The van der Waals surface area contributed by atoms with Crippen LogP contribution in [0.15, 0.2) is 33.0 Å². The number of hydrogen-bond donors (Lipinski definition) is 0. The second kappa shape index (κ2) is 7.16. The summed E-state index contributed by atoms with van der Waals surface area (Å²) < 4.78 is 37.3. The second-order valence-corrected chi connectivity index (χ2v) is 8.99. The molecule has 9 heteroatoms. The van der Waals surface area contributed by atoms with Gasteiger partial charge in [0.1, 0.15) is 10.9 Å². The van der Waals surface area contributed by atoms with Gasteiger partial charge >= 0.3 is 0 Å². The Kier molecular flexibility index (Phi) is 4.70. The van der Waals surface area contributed by atoms with Crippen molar-refractivity contribution in [2.24, 2.45) is 15.4 Å². The zero-order chi connectivity index (χ0) is 21.0. The summed E-state index contributed by atoms with van der Waals surface area (Å²) in [5.74, 6) is -1.77. The fraction of sp³-hybridized carbons (Fsp3) is 0.429. The lowest BCUT2D eigenvalue weighted by Crippen LogP contribution is -2.65. The van der Waals surface area contributed by atoms with Crippen molar-refractivity contribution in [1.82, 2.24) is 9.97 Å². The highest BCUT2D eigenvalue weighted by atomic mass is 79.9. The molecule has 0 saturated carbocycles. The topological polar surface area (TPSA) is 63.0 Å². The molecule has 3 aliphatic rings. The molecule has 1 saturated heterocycles. The van der Waals surface area contributed by atoms with E-state index < -0.39 is 17.0 Å². The minimum atomic E-state index is -0.915. The molecule has 1 unspecified atom stereocenters. The standard InChI is InChI=1S/C21H20BrF2N5O/c1-11-7-29-19-13(4-21(8-25-10-26-9-21)20(29)12(2)30-11)3-14(17(23)18(19)24)15-5-28-16(22)6-27-15/h3,5-6,8,10-12,20H,4,7,9H2,1-2H3/t11-,12+,20-,21?/m1/s1. The number of fused-ring (bicyclic) bond motifs is 4. The van der Waals surface area contributed by atoms with Crippen LogP contribution < -0.4 is 4.90 Å². The fourth-order valence-electron chi connectivity index (χ4n) is 5.10. The van der Waals surface area contributed by atoms with Gasteiger partial charge in [-0.2, -0.15) is 0 Å². The Morgan fingerprint density at radius 1 is 1.20 bits per heavy atom. The summed E-state index contributed by atoms with van der Waals surface area (Å²) in [5.41, 5.74) is 0.962. The van der Waals surface area contributed by atoms with Crippen molar-refractivity contribution in [3.63, 3.8) is 0 Å². The van der Waals surface area contributed by atoms with Crippen molar-refractivity contribution in [3.8, 4) is 11.3 Å². The van der Waals surface area contributed by atoms with Gasteiger partial charge in [-0.3, -0.25) is 9.98 Å². The van der Waals surface area contributed by atoms with Crippen molar-refractivity contribution in [1.29, 1.82) is 0 Å². The van der Waals surface area contributed by atoms with E-state index in [1.165, 1.54) is 18.7 Å². The minimum absolute atomic E-state index is 0.102. The highest BCUT2D eigenvalue weighted by Gasteiger charge is 2.52. The van der Waals surface area contributed by atoms with E-state index in [-0.39, 0.29) is 29.5 Å². The molecule has 30 heavy (non-hydrogen) atoms. The quantitative estimate of drug-likeness (QED) is 0.628. The molecular formula is C21H20BrF2N5O. The van der Waals surface area contributed by atoms with Gasteiger partial charge in [-0.15, -0.1) is 0 Å². The molecule has 4 atom stereocenters. The Hall–Kier alpha value is -2.26. The Bertz CT molecular complexity index is 1060. The third-order valence-electron chi connectivity index (χ3n) is 6.10. The first kappa shape index (κ1) is 19.7. The highest BCUT2D eigenvalue weighted by Crippen LogP contribution is 2.48. The number of morpholine rings is 1. The number of halogens is 3. The first-order chi connectivity index (χ1) is 14.4. The number of benzene rings is 1. The normalized spacial score (nSPS) is 29.8. The lowest BCUT2D eigenvalue weighted by molar-refractivity contribution is -0.0508. The maximum atomic E-state index is 15.5. The minimum Gasteiger partial charge on any atom is -0.372 e. The van der Waals surface area contributed by atoms with Gasteiger partial charge in [0.25, 0.3) is 0 Å². The molecule has 1 aromatic heterocycles. The lowest BCUT2D eigenvalue weighted by atomic mass is 9.69. The van der Waals surface area contributed by atoms with E-state index in [4.69, 9.17) is 4.74 Å². The predicted molar refractivity (Wildman–Crippen MR) is 114 cm³/mol. The van der Waals surface area contributed by atoms with E-state index in [2.05, 4.69) is 35.9 Å². The molecule has 5 rings (SSSR count). The number of ether oxygens (including phenoxy) is 1. The second-order valence-electron chi connectivity index (χ2n) is 8.18. The summed E-state index contributed by atoms with van der Waals surface area (Å²) in [6, 6.07) is 1.51. The van der Waals surface area contributed by atoms with Crippen LogP contribution in [0.5, 0.6) is 0 Å². The maximum Gasteiger partial charge on any atom is 0.183 e. The summed E-state index contributed by atoms with van der Waals surface area (Å²) >= 11 is 3.22. The number of hydrogen-bond acceptors (Lipinski definition) is 6. The van der Waals surface area contributed by atoms with Gasteiger partial charge in [-0.05, 0) is 47.8 Å². The molecule has 3 aliphatic heterocycles. The van der Waals surface area contributed by atoms with Gasteiger partial charge in [0.15, 0.2) is 11.6 Å². The Morgan fingerprint density at radius 2 is 2.03 bits per heavy atom. The highest BCUT2D eigenvalue weighted by molar-refractivity contribution is 9.10. The van der Waals surface area contributed by atoms with E-state index in [1.807, 2.05) is 25.0 Å². The van der Waals surface area contributed by atoms with Crippen molar-refractivity contribution in [2.45, 2.75) is 38.5 Å². The number of anilines is 1. The third-order valence-corrected chi connectivity index (χ3v) is 6.51. The summed E-state index contributed by atoms with van der Waals surface area (Å²) in [4.78, 5) is 19.0. The maximum absolute atomic E-state index is 15.5. The lowest BCUT2D eigenvalue weighted by Gasteiger charge is -2.55. The monoisotopic (exact) mass is 475 g/mol. The van der Waals surface area contributed by atoms with Crippen molar-refractivity contribution in [3.05, 3.63) is 40.3 Å². The molecule has 0 N–H and O–H groups in total. The number of aliphatic imine (C=N–C) groups is 2. The molecule has 4 heterocycles. The number of nitrogens with zero attached hydrogens (tertiary/aromatic N) is 5. The Balaban J connectivity index is 1.70. The Morgan fingerprint density at radius 3 is 2.73 bits per heavy atom. The van der Waals surface area contributed by atoms with Gasteiger partial charge in [0.2, 0.25) is 0 Å². The van der Waals surface area contributed by atoms with Crippen LogP contribution in [0.2, 0.25) is 0 Å². The van der Waals surface area contributed by atoms with Crippen molar-refractivity contribution < 1.29 is 13.5 Å².